The summed E-state index contributed by atoms with van der Waals surface area (Å²) in [5.41, 5.74) is 1.65. The number of aromatic carboxylic acids is 1. The van der Waals surface area contributed by atoms with Crippen molar-refractivity contribution in [3.63, 3.8) is 0 Å². The summed E-state index contributed by atoms with van der Waals surface area (Å²) in [7, 11) is 0. The number of nitrogens with zero attached hydrogens (tertiary/aromatic N) is 2. The molecule has 1 aromatic rings. The van der Waals surface area contributed by atoms with Gasteiger partial charge in [-0.3, -0.25) is 9.69 Å². The van der Waals surface area contributed by atoms with E-state index in [9.17, 15) is 9.59 Å². The van der Waals surface area contributed by atoms with Crippen LogP contribution in [0.1, 0.15) is 61.9 Å². The highest BCUT2D eigenvalue weighted by Crippen LogP contribution is 2.53. The number of amides is 1. The highest BCUT2D eigenvalue weighted by Gasteiger charge is 2.59. The fourth-order valence-corrected chi connectivity index (χ4v) is 5.94. The quantitative estimate of drug-likeness (QED) is 0.904. The second kappa shape index (κ2) is 6.38. The maximum absolute atomic E-state index is 12.4. The van der Waals surface area contributed by atoms with Crippen LogP contribution in [0.3, 0.4) is 0 Å². The minimum atomic E-state index is -0.885. The Morgan fingerprint density at radius 3 is 2.42 bits per heavy atom. The summed E-state index contributed by atoms with van der Waals surface area (Å²) < 4.78 is 0. The second-order valence-electron chi connectivity index (χ2n) is 8.54. The smallest absolute Gasteiger partial charge is 0.335 e. The van der Waals surface area contributed by atoms with Gasteiger partial charge in [0.2, 0.25) is 5.91 Å². The summed E-state index contributed by atoms with van der Waals surface area (Å²) in [5, 5.41) is 9.09. The predicted molar refractivity (Wildman–Crippen MR) is 98.9 cm³/mol. The predicted octanol–water partition coefficient (Wildman–Crippen LogP) is 3.14. The van der Waals surface area contributed by atoms with E-state index in [1.807, 2.05) is 12.1 Å². The summed E-state index contributed by atoms with van der Waals surface area (Å²) in [6, 6.07) is 8.42. The molecule has 1 aromatic carbocycles. The van der Waals surface area contributed by atoms with Crippen LogP contribution in [0.5, 0.6) is 0 Å². The Morgan fingerprint density at radius 2 is 1.81 bits per heavy atom. The normalized spacial score (nSPS) is 33.8. The first-order chi connectivity index (χ1) is 12.4. The van der Waals surface area contributed by atoms with Crippen LogP contribution in [0, 0.1) is 5.41 Å². The Bertz CT molecular complexity index is 716. The van der Waals surface area contributed by atoms with E-state index in [1.54, 1.807) is 19.1 Å². The number of fused-ring (bicyclic) bond motifs is 1. The minimum Gasteiger partial charge on any atom is -0.478 e. The van der Waals surface area contributed by atoms with E-state index in [0.29, 0.717) is 23.7 Å². The molecule has 1 amide bonds. The average molecular weight is 356 g/mol. The standard InChI is InChI=1S/C21H28N2O3/c1-14(24)23-17-11-21(2)18(5-3-4-6-19(21)23)22(13-17)12-15-7-9-16(10-8-15)20(25)26/h7-10,17-19H,3-6,11-13H2,1-2H3,(H,25,26)/t17-,18+,19-,21+/m0/s1. The molecule has 0 radical (unpaired) electrons. The number of carbonyl (C=O) groups is 2. The summed E-state index contributed by atoms with van der Waals surface area (Å²) in [5.74, 6) is -0.666. The van der Waals surface area contributed by atoms with Crippen LogP contribution in [-0.2, 0) is 11.3 Å². The van der Waals surface area contributed by atoms with E-state index in [-0.39, 0.29) is 11.3 Å². The van der Waals surface area contributed by atoms with Gasteiger partial charge in [-0.15, -0.1) is 0 Å². The van der Waals surface area contributed by atoms with Gasteiger partial charge < -0.3 is 10.0 Å². The number of carboxylic acids is 1. The van der Waals surface area contributed by atoms with Crippen molar-refractivity contribution in [2.24, 2.45) is 5.41 Å². The van der Waals surface area contributed by atoms with E-state index in [2.05, 4.69) is 16.7 Å². The largest absolute Gasteiger partial charge is 0.478 e. The molecule has 5 nitrogen and oxygen atoms in total. The molecule has 0 spiro atoms. The van der Waals surface area contributed by atoms with E-state index < -0.39 is 5.97 Å². The van der Waals surface area contributed by atoms with Crippen molar-refractivity contribution in [2.75, 3.05) is 6.54 Å². The van der Waals surface area contributed by atoms with Crippen LogP contribution in [-0.4, -0.2) is 51.5 Å². The first-order valence-electron chi connectivity index (χ1n) is 9.75. The van der Waals surface area contributed by atoms with Crippen LogP contribution in [0.4, 0.5) is 0 Å². The molecule has 1 saturated carbocycles. The maximum atomic E-state index is 12.4. The topological polar surface area (TPSA) is 60.9 Å². The molecule has 26 heavy (non-hydrogen) atoms. The molecular weight excluding hydrogens is 328 g/mol. The minimum absolute atomic E-state index is 0.173. The lowest BCUT2D eigenvalue weighted by Crippen LogP contribution is -2.53. The number of carboxylic acid groups (broad SMARTS) is 1. The number of rotatable bonds is 3. The Labute approximate surface area is 155 Å². The molecule has 0 unspecified atom stereocenters. The van der Waals surface area contributed by atoms with Gasteiger partial charge in [0.15, 0.2) is 0 Å². The summed E-state index contributed by atoms with van der Waals surface area (Å²) in [6.07, 6.45) is 5.87. The number of likely N-dealkylation sites (tertiary alicyclic amines) is 2. The molecule has 2 aliphatic heterocycles. The Balaban J connectivity index is 1.61. The number of piperidine rings is 1. The zero-order valence-electron chi connectivity index (χ0n) is 15.6. The van der Waals surface area contributed by atoms with Crippen LogP contribution in [0.2, 0.25) is 0 Å². The molecule has 4 atom stereocenters. The molecule has 0 aromatic heterocycles. The Hall–Kier alpha value is -1.88. The summed E-state index contributed by atoms with van der Waals surface area (Å²) in [6.45, 7) is 5.87. The van der Waals surface area contributed by atoms with Crippen LogP contribution in [0.25, 0.3) is 0 Å². The van der Waals surface area contributed by atoms with Crippen LogP contribution >= 0.6 is 0 Å². The maximum Gasteiger partial charge on any atom is 0.335 e. The fraction of sp³-hybridized carbons (Fsp3) is 0.619. The van der Waals surface area contributed by atoms with Crippen molar-refractivity contribution in [3.05, 3.63) is 35.4 Å². The van der Waals surface area contributed by atoms with Gasteiger partial charge in [0.1, 0.15) is 0 Å². The number of hydrogen-bond donors (Lipinski definition) is 1. The molecule has 3 fully saturated rings. The number of carbonyl (C=O) groups excluding carboxylic acids is 1. The Kier molecular flexibility index (Phi) is 4.30. The summed E-state index contributed by atoms with van der Waals surface area (Å²) >= 11 is 0. The lowest BCUT2D eigenvalue weighted by atomic mass is 9.71. The third-order valence-corrected chi connectivity index (χ3v) is 6.97. The van der Waals surface area contributed by atoms with Gasteiger partial charge in [0.05, 0.1) is 5.56 Å². The lowest BCUT2D eigenvalue weighted by molar-refractivity contribution is -0.132. The Morgan fingerprint density at radius 1 is 1.15 bits per heavy atom. The first kappa shape index (κ1) is 17.5. The van der Waals surface area contributed by atoms with E-state index in [0.717, 1.165) is 31.5 Å². The van der Waals surface area contributed by atoms with E-state index >= 15 is 0 Å². The third kappa shape index (κ3) is 2.73. The lowest BCUT2D eigenvalue weighted by Gasteiger charge is -2.46. The van der Waals surface area contributed by atoms with Crippen molar-refractivity contribution in [3.8, 4) is 0 Å². The molecule has 1 N–H and O–H groups in total. The SMILES string of the molecule is CC(=O)N1[C@@H]2CN(Cc3ccc(C(=O)O)cc3)[C@@H]3CCCC[C@H]1[C@]3(C)C2. The van der Waals surface area contributed by atoms with E-state index in [4.69, 9.17) is 5.11 Å². The molecule has 5 heteroatoms. The van der Waals surface area contributed by atoms with Crippen LogP contribution < -0.4 is 0 Å². The van der Waals surface area contributed by atoms with Gasteiger partial charge >= 0.3 is 5.97 Å². The molecule has 3 aliphatic rings. The van der Waals surface area contributed by atoms with Gasteiger partial charge in [-0.1, -0.05) is 31.9 Å². The molecule has 1 aliphatic carbocycles. The van der Waals surface area contributed by atoms with Gasteiger partial charge in [0, 0.05) is 43.6 Å². The second-order valence-corrected chi connectivity index (χ2v) is 8.54. The van der Waals surface area contributed by atoms with Crippen molar-refractivity contribution >= 4 is 11.9 Å². The monoisotopic (exact) mass is 356 g/mol. The molecule has 4 rings (SSSR count). The molecule has 2 bridgehead atoms. The van der Waals surface area contributed by atoms with Crippen molar-refractivity contribution in [1.82, 2.24) is 9.80 Å². The highest BCUT2D eigenvalue weighted by atomic mass is 16.4. The van der Waals surface area contributed by atoms with Crippen molar-refractivity contribution in [1.29, 1.82) is 0 Å². The van der Waals surface area contributed by atoms with E-state index in [1.165, 1.54) is 19.3 Å². The average Bonchev–Trinajstić information content (AvgIpc) is 2.70. The van der Waals surface area contributed by atoms with Gasteiger partial charge in [-0.05, 0) is 37.0 Å². The first-order valence-corrected chi connectivity index (χ1v) is 9.75. The number of benzene rings is 1. The zero-order chi connectivity index (χ0) is 18.5. The van der Waals surface area contributed by atoms with Gasteiger partial charge in [-0.2, -0.15) is 0 Å². The van der Waals surface area contributed by atoms with Crippen LogP contribution in [0.15, 0.2) is 24.3 Å². The molecule has 2 saturated heterocycles. The molecular formula is C21H28N2O3. The zero-order valence-corrected chi connectivity index (χ0v) is 15.6. The number of hydrogen-bond acceptors (Lipinski definition) is 3. The fourth-order valence-electron chi connectivity index (χ4n) is 5.94. The molecule has 140 valence electrons. The third-order valence-electron chi connectivity index (χ3n) is 6.97. The van der Waals surface area contributed by atoms with Gasteiger partial charge in [0.25, 0.3) is 0 Å². The molecule has 2 heterocycles. The highest BCUT2D eigenvalue weighted by molar-refractivity contribution is 5.87. The van der Waals surface area contributed by atoms with Crippen molar-refractivity contribution < 1.29 is 14.7 Å². The van der Waals surface area contributed by atoms with Gasteiger partial charge in [-0.25, -0.2) is 4.79 Å². The summed E-state index contributed by atoms with van der Waals surface area (Å²) in [4.78, 5) is 28.2. The van der Waals surface area contributed by atoms with Crippen molar-refractivity contribution in [2.45, 2.75) is 70.6 Å².